The Labute approximate surface area is 237 Å². The van der Waals surface area contributed by atoms with E-state index in [1.807, 2.05) is 46.3 Å². The minimum absolute atomic E-state index is 0.0381. The van der Waals surface area contributed by atoms with Gasteiger partial charge in [0.05, 0.1) is 23.0 Å². The third-order valence-electron chi connectivity index (χ3n) is 8.89. The lowest BCUT2D eigenvalue weighted by Gasteiger charge is -2.30. The maximum Gasteiger partial charge on any atom is 0.304 e. The van der Waals surface area contributed by atoms with Crippen LogP contribution >= 0.6 is 0 Å². The maximum absolute atomic E-state index is 13.7. The van der Waals surface area contributed by atoms with Crippen molar-refractivity contribution >= 4 is 33.9 Å². The quantitative estimate of drug-likeness (QED) is 0.341. The molecule has 5 aromatic rings. The van der Waals surface area contributed by atoms with E-state index in [1.54, 1.807) is 0 Å². The first-order chi connectivity index (χ1) is 19.9. The zero-order chi connectivity index (χ0) is 28.2. The van der Waals surface area contributed by atoms with E-state index in [0.717, 1.165) is 76.5 Å². The molecule has 2 aromatic heterocycles. The summed E-state index contributed by atoms with van der Waals surface area (Å²) < 4.78 is 3.85. The number of hydrogen-bond acceptors (Lipinski definition) is 5. The van der Waals surface area contributed by atoms with Crippen LogP contribution in [0.3, 0.4) is 0 Å². The van der Waals surface area contributed by atoms with E-state index in [4.69, 9.17) is 4.98 Å². The van der Waals surface area contributed by atoms with Crippen molar-refractivity contribution in [2.24, 2.45) is 7.05 Å². The molecule has 1 unspecified atom stereocenters. The van der Waals surface area contributed by atoms with E-state index < -0.39 is 5.97 Å². The van der Waals surface area contributed by atoms with Gasteiger partial charge >= 0.3 is 5.97 Å². The third-order valence-corrected chi connectivity index (χ3v) is 8.89. The second-order valence-electron chi connectivity index (χ2n) is 11.4. The molecule has 0 spiro atoms. The Bertz CT molecular complexity index is 1850. The molecule has 0 saturated carbocycles. The van der Waals surface area contributed by atoms with Crippen LogP contribution in [0.2, 0.25) is 0 Å². The van der Waals surface area contributed by atoms with Gasteiger partial charge in [-0.3, -0.25) is 9.59 Å². The molecule has 0 aliphatic carbocycles. The van der Waals surface area contributed by atoms with Crippen molar-refractivity contribution in [3.8, 4) is 0 Å². The number of benzene rings is 3. The number of hydrogen-bond donors (Lipinski definition) is 1. The van der Waals surface area contributed by atoms with Gasteiger partial charge < -0.3 is 14.6 Å². The first-order valence-electron chi connectivity index (χ1n) is 14.3. The number of nitrogens with zero attached hydrogens (tertiary/aromatic N) is 6. The van der Waals surface area contributed by atoms with Crippen LogP contribution in [0.5, 0.6) is 0 Å². The molecule has 208 valence electrons. The first-order valence-corrected chi connectivity index (χ1v) is 14.3. The summed E-state index contributed by atoms with van der Waals surface area (Å²) in [4.78, 5) is 32.4. The minimum Gasteiger partial charge on any atom is -0.481 e. The molecule has 10 bridgehead atoms. The number of fused-ring (bicyclic) bond motifs is 4. The molecule has 41 heavy (non-hydrogen) atoms. The van der Waals surface area contributed by atoms with Crippen molar-refractivity contribution in [3.05, 3.63) is 87.7 Å². The van der Waals surface area contributed by atoms with E-state index in [0.29, 0.717) is 18.9 Å². The molecular formula is C32H32N6O3. The first kappa shape index (κ1) is 25.4. The molecule has 8 rings (SSSR count). The number of aliphatic carboxylic acids is 1. The Morgan fingerprint density at radius 3 is 2.71 bits per heavy atom. The second kappa shape index (κ2) is 9.83. The second-order valence-corrected chi connectivity index (χ2v) is 11.4. The lowest BCUT2D eigenvalue weighted by atomic mass is 9.83. The van der Waals surface area contributed by atoms with Gasteiger partial charge in [-0.05, 0) is 84.2 Å². The van der Waals surface area contributed by atoms with E-state index in [9.17, 15) is 14.7 Å². The van der Waals surface area contributed by atoms with E-state index in [-0.39, 0.29) is 18.2 Å². The maximum atomic E-state index is 13.7. The molecule has 1 amide bonds. The van der Waals surface area contributed by atoms with Gasteiger partial charge in [-0.1, -0.05) is 35.5 Å². The Morgan fingerprint density at radius 2 is 1.85 bits per heavy atom. The monoisotopic (exact) mass is 548 g/mol. The molecule has 5 heterocycles. The Morgan fingerprint density at radius 1 is 1.00 bits per heavy atom. The summed E-state index contributed by atoms with van der Waals surface area (Å²) in [6, 6.07) is 16.6. The number of carbonyl (C=O) groups excluding carboxylic acids is 1. The topological polar surface area (TPSA) is 106 Å². The van der Waals surface area contributed by atoms with Crippen LogP contribution in [0.15, 0.2) is 48.5 Å². The molecule has 1 N–H and O–H groups in total. The summed E-state index contributed by atoms with van der Waals surface area (Å²) in [5.74, 6) is -0.847. The lowest BCUT2D eigenvalue weighted by molar-refractivity contribution is -0.137. The fourth-order valence-corrected chi connectivity index (χ4v) is 6.60. The third kappa shape index (κ3) is 4.36. The number of carbonyl (C=O) groups is 2. The van der Waals surface area contributed by atoms with Gasteiger partial charge in [0.25, 0.3) is 5.91 Å². The van der Waals surface area contributed by atoms with E-state index >= 15 is 0 Å². The van der Waals surface area contributed by atoms with Crippen molar-refractivity contribution in [2.45, 2.75) is 58.0 Å². The summed E-state index contributed by atoms with van der Waals surface area (Å²) in [6.07, 6.45) is 3.54. The van der Waals surface area contributed by atoms with Crippen molar-refractivity contribution < 1.29 is 14.7 Å². The van der Waals surface area contributed by atoms with Crippen LogP contribution < -0.4 is 0 Å². The van der Waals surface area contributed by atoms with Gasteiger partial charge in [-0.25, -0.2) is 9.67 Å². The summed E-state index contributed by atoms with van der Waals surface area (Å²) in [6.45, 7) is 3.84. The predicted octanol–water partition coefficient (Wildman–Crippen LogP) is 4.77. The number of carboxylic acids is 1. The highest BCUT2D eigenvalue weighted by atomic mass is 16.4. The smallest absolute Gasteiger partial charge is 0.304 e. The Hall–Kier alpha value is -4.53. The molecule has 0 radical (unpaired) electrons. The van der Waals surface area contributed by atoms with Crippen molar-refractivity contribution in [2.75, 3.05) is 6.54 Å². The molecule has 0 fully saturated rings. The zero-order valence-corrected chi connectivity index (χ0v) is 23.3. The van der Waals surface area contributed by atoms with Crippen LogP contribution in [0, 0.1) is 6.92 Å². The molecule has 9 nitrogen and oxygen atoms in total. The SMILES string of the molecule is Cc1c2ccc3c1nnn3CCCCc1ccc3c(c1)nc(n3C)C(=O)N1CCc3ccc(cc3C1)C2CC(=O)O. The highest BCUT2D eigenvalue weighted by Gasteiger charge is 2.28. The average molecular weight is 549 g/mol. The predicted molar refractivity (Wildman–Crippen MR) is 155 cm³/mol. The number of amides is 1. The lowest BCUT2D eigenvalue weighted by Crippen LogP contribution is -2.37. The Balaban J connectivity index is 1.36. The number of imidazole rings is 1. The molecule has 9 heteroatoms. The highest BCUT2D eigenvalue weighted by molar-refractivity contribution is 5.95. The number of carboxylic acid groups (broad SMARTS) is 1. The average Bonchev–Trinajstić information content (AvgIpc) is 3.54. The van der Waals surface area contributed by atoms with Crippen molar-refractivity contribution in [1.29, 1.82) is 0 Å². The fourth-order valence-electron chi connectivity index (χ4n) is 6.60. The summed E-state index contributed by atoms with van der Waals surface area (Å²) >= 11 is 0. The van der Waals surface area contributed by atoms with Gasteiger partial charge in [0.1, 0.15) is 5.52 Å². The summed E-state index contributed by atoms with van der Waals surface area (Å²) in [7, 11) is 1.90. The van der Waals surface area contributed by atoms with E-state index in [1.165, 1.54) is 11.1 Å². The van der Waals surface area contributed by atoms with Gasteiger partial charge in [0.15, 0.2) is 5.82 Å². The zero-order valence-electron chi connectivity index (χ0n) is 23.3. The molecule has 1 atom stereocenters. The molecule has 3 aromatic carbocycles. The highest BCUT2D eigenvalue weighted by Crippen LogP contribution is 2.35. The standard InChI is InChI=1S/C32H32N6O3/c1-19-24-9-11-28-30(19)34-35-38(28)13-4-3-5-20-6-10-27-26(15-20)33-31(36(27)2)32(41)37-14-12-21-7-8-22(16-23(21)18-37)25(24)17-29(39)40/h6-11,15-16,25H,3-5,12-14,17-18H2,1-2H3,(H,39,40). The number of aryl methyl sites for hydroxylation is 4. The Kier molecular flexibility index (Phi) is 6.10. The van der Waals surface area contributed by atoms with Crippen LogP contribution in [0.4, 0.5) is 0 Å². The van der Waals surface area contributed by atoms with Gasteiger partial charge in [0, 0.05) is 32.6 Å². The van der Waals surface area contributed by atoms with Crippen LogP contribution in [-0.4, -0.2) is 53.0 Å². The van der Waals surface area contributed by atoms with Gasteiger partial charge in [-0.15, -0.1) is 5.10 Å². The fraction of sp³-hybridized carbons (Fsp3) is 0.344. The number of aromatic nitrogens is 5. The van der Waals surface area contributed by atoms with Crippen molar-refractivity contribution in [1.82, 2.24) is 29.4 Å². The largest absolute Gasteiger partial charge is 0.481 e. The van der Waals surface area contributed by atoms with Crippen LogP contribution in [-0.2, 0) is 37.8 Å². The van der Waals surface area contributed by atoms with Gasteiger partial charge in [-0.2, -0.15) is 0 Å². The molecular weight excluding hydrogens is 516 g/mol. The summed E-state index contributed by atoms with van der Waals surface area (Å²) in [5, 5.41) is 18.9. The van der Waals surface area contributed by atoms with Gasteiger partial charge in [0.2, 0.25) is 0 Å². The molecule has 3 aliphatic heterocycles. The minimum atomic E-state index is -0.858. The van der Waals surface area contributed by atoms with Crippen LogP contribution in [0.25, 0.3) is 22.1 Å². The normalized spacial score (nSPS) is 17.4. The van der Waals surface area contributed by atoms with Crippen molar-refractivity contribution in [3.63, 3.8) is 0 Å². The summed E-state index contributed by atoms with van der Waals surface area (Å²) in [5.41, 5.74) is 9.83. The number of rotatable bonds is 2. The molecule has 3 aliphatic rings. The molecule has 0 saturated heterocycles. The van der Waals surface area contributed by atoms with Crippen LogP contribution in [0.1, 0.15) is 69.2 Å². The van der Waals surface area contributed by atoms with E-state index in [2.05, 4.69) is 40.6 Å².